The number of carbonyl (C=O) groups excluding carboxylic acids is 1. The molecule has 2 aliphatic heterocycles. The highest BCUT2D eigenvalue weighted by molar-refractivity contribution is 6.34. The minimum Gasteiger partial charge on any atom is -0.493 e. The van der Waals surface area contributed by atoms with Gasteiger partial charge in [0.15, 0.2) is 0 Å². The third-order valence-corrected chi connectivity index (χ3v) is 8.98. The van der Waals surface area contributed by atoms with Crippen LogP contribution in [-0.4, -0.2) is 79.0 Å². The number of aliphatic carboxylic acids is 1. The third-order valence-electron chi connectivity index (χ3n) is 8.54. The number of halogens is 4. The number of ether oxygens (including phenoxy) is 2. The molecule has 228 valence electrons. The summed E-state index contributed by atoms with van der Waals surface area (Å²) in [6.45, 7) is 2.35. The van der Waals surface area contributed by atoms with E-state index in [0.29, 0.717) is 29.0 Å². The molecule has 1 amide bonds. The van der Waals surface area contributed by atoms with Crippen LogP contribution in [0.25, 0.3) is 0 Å². The molecule has 0 aromatic heterocycles. The Morgan fingerprint density at radius 2 is 1.76 bits per heavy atom. The summed E-state index contributed by atoms with van der Waals surface area (Å²) in [4.78, 5) is 28.0. The number of benzene rings is 2. The molecular formula is C31H36Cl2F2N2O5. The highest BCUT2D eigenvalue weighted by atomic mass is 35.5. The Kier molecular flexibility index (Phi) is 9.92. The number of nitrogens with zero attached hydrogens (tertiary/aromatic N) is 2. The molecule has 0 spiro atoms. The molecule has 42 heavy (non-hydrogen) atoms. The van der Waals surface area contributed by atoms with Gasteiger partial charge in [-0.3, -0.25) is 14.5 Å². The Labute approximate surface area is 254 Å². The molecule has 7 nitrogen and oxygen atoms in total. The normalized spacial score (nSPS) is 22.4. The van der Waals surface area contributed by atoms with E-state index in [1.54, 1.807) is 13.2 Å². The lowest BCUT2D eigenvalue weighted by Gasteiger charge is -2.37. The number of amides is 1. The third kappa shape index (κ3) is 7.36. The summed E-state index contributed by atoms with van der Waals surface area (Å²) in [7, 11) is 1.67. The van der Waals surface area contributed by atoms with Crippen LogP contribution in [0.4, 0.5) is 8.78 Å². The number of methoxy groups -OCH3 is 1. The second-order valence-electron chi connectivity index (χ2n) is 11.7. The SMILES string of the molecule is COC[C@H](c1cc(Cl)cc(Cl)c1)N1CCC(COc2cc(F)c(C(=O)N3C[C@H](F)C[C@H]3CC(=O)O)cc2C2CC2)CC1. The Balaban J connectivity index is 1.23. The lowest BCUT2D eigenvalue weighted by molar-refractivity contribution is -0.137. The van der Waals surface area contributed by atoms with Gasteiger partial charge in [0.2, 0.25) is 0 Å². The zero-order valence-electron chi connectivity index (χ0n) is 23.5. The number of hydrogen-bond donors (Lipinski definition) is 1. The van der Waals surface area contributed by atoms with Crippen LogP contribution in [0.5, 0.6) is 5.75 Å². The van der Waals surface area contributed by atoms with Gasteiger partial charge < -0.3 is 19.5 Å². The fourth-order valence-corrected chi connectivity index (χ4v) is 6.75. The van der Waals surface area contributed by atoms with Crippen LogP contribution >= 0.6 is 23.2 Å². The first-order chi connectivity index (χ1) is 20.1. The molecule has 0 bridgehead atoms. The smallest absolute Gasteiger partial charge is 0.305 e. The van der Waals surface area contributed by atoms with Gasteiger partial charge in [-0.2, -0.15) is 0 Å². The summed E-state index contributed by atoms with van der Waals surface area (Å²) in [5.41, 5.74) is 1.63. The molecule has 3 fully saturated rings. The molecule has 1 aliphatic carbocycles. The van der Waals surface area contributed by atoms with Crippen LogP contribution in [0.2, 0.25) is 10.0 Å². The van der Waals surface area contributed by atoms with Crippen molar-refractivity contribution in [1.82, 2.24) is 9.80 Å². The van der Waals surface area contributed by atoms with E-state index < -0.39 is 29.9 Å². The average Bonchev–Trinajstić information content (AvgIpc) is 3.72. The fourth-order valence-electron chi connectivity index (χ4n) is 6.21. The first-order valence-corrected chi connectivity index (χ1v) is 15.2. The van der Waals surface area contributed by atoms with E-state index in [1.165, 1.54) is 12.1 Å². The van der Waals surface area contributed by atoms with Crippen molar-refractivity contribution < 1.29 is 33.0 Å². The van der Waals surface area contributed by atoms with Gasteiger partial charge in [0, 0.05) is 35.7 Å². The van der Waals surface area contributed by atoms with Crippen LogP contribution in [-0.2, 0) is 9.53 Å². The fraction of sp³-hybridized carbons (Fsp3) is 0.548. The van der Waals surface area contributed by atoms with E-state index in [-0.39, 0.29) is 42.8 Å². The van der Waals surface area contributed by atoms with Gasteiger partial charge >= 0.3 is 5.97 Å². The summed E-state index contributed by atoms with van der Waals surface area (Å²) in [5.74, 6) is -1.66. The number of alkyl halides is 1. The molecule has 2 heterocycles. The van der Waals surface area contributed by atoms with Gasteiger partial charge in [-0.1, -0.05) is 23.2 Å². The monoisotopic (exact) mass is 624 g/mol. The maximum Gasteiger partial charge on any atom is 0.305 e. The molecule has 2 aromatic carbocycles. The van der Waals surface area contributed by atoms with Crippen LogP contribution in [0.15, 0.2) is 30.3 Å². The Morgan fingerprint density at radius 3 is 2.38 bits per heavy atom. The van der Waals surface area contributed by atoms with Gasteiger partial charge in [0.25, 0.3) is 5.91 Å². The zero-order chi connectivity index (χ0) is 30.0. The van der Waals surface area contributed by atoms with Crippen molar-refractivity contribution >= 4 is 35.1 Å². The molecule has 3 atom stereocenters. The quantitative estimate of drug-likeness (QED) is 0.307. The Bertz CT molecular complexity index is 1280. The number of rotatable bonds is 11. The van der Waals surface area contributed by atoms with Crippen molar-refractivity contribution in [2.75, 3.05) is 40.0 Å². The number of piperidine rings is 1. The maximum atomic E-state index is 15.3. The molecule has 0 radical (unpaired) electrons. The van der Waals surface area contributed by atoms with Gasteiger partial charge in [-0.15, -0.1) is 0 Å². The van der Waals surface area contributed by atoms with E-state index in [1.807, 2.05) is 12.1 Å². The Morgan fingerprint density at radius 1 is 1.07 bits per heavy atom. The Hall–Kier alpha value is -2.46. The van der Waals surface area contributed by atoms with Gasteiger partial charge in [0.05, 0.1) is 37.8 Å². The number of hydrogen-bond acceptors (Lipinski definition) is 5. The van der Waals surface area contributed by atoms with Crippen LogP contribution in [0, 0.1) is 11.7 Å². The van der Waals surface area contributed by atoms with Gasteiger partial charge in [0.1, 0.15) is 17.7 Å². The summed E-state index contributed by atoms with van der Waals surface area (Å²) >= 11 is 12.5. The lowest BCUT2D eigenvalue weighted by atomic mass is 9.95. The summed E-state index contributed by atoms with van der Waals surface area (Å²) in [6, 6.07) is 7.57. The topological polar surface area (TPSA) is 79.3 Å². The summed E-state index contributed by atoms with van der Waals surface area (Å²) < 4.78 is 41.1. The predicted octanol–water partition coefficient (Wildman–Crippen LogP) is 6.52. The van der Waals surface area contributed by atoms with E-state index >= 15 is 4.39 Å². The first kappa shape index (κ1) is 31.0. The lowest BCUT2D eigenvalue weighted by Crippen LogP contribution is -2.39. The van der Waals surface area contributed by atoms with Crippen molar-refractivity contribution in [2.45, 2.75) is 62.7 Å². The molecular weight excluding hydrogens is 589 g/mol. The number of likely N-dealkylation sites (tertiary alicyclic amines) is 2. The van der Waals surface area contributed by atoms with Crippen LogP contribution < -0.4 is 4.74 Å². The van der Waals surface area contributed by atoms with E-state index in [4.69, 9.17) is 32.7 Å². The minimum atomic E-state index is -1.33. The molecule has 5 rings (SSSR count). The molecule has 3 aliphatic rings. The number of carboxylic acid groups (broad SMARTS) is 1. The zero-order valence-corrected chi connectivity index (χ0v) is 25.1. The van der Waals surface area contributed by atoms with Crippen molar-refractivity contribution in [2.24, 2.45) is 5.92 Å². The highest BCUT2D eigenvalue weighted by Gasteiger charge is 2.39. The molecule has 11 heteroatoms. The van der Waals surface area contributed by atoms with Crippen LogP contribution in [0.1, 0.15) is 72.0 Å². The number of carbonyl (C=O) groups is 2. The molecule has 2 aromatic rings. The molecule has 1 saturated carbocycles. The second-order valence-corrected chi connectivity index (χ2v) is 12.5. The van der Waals surface area contributed by atoms with Crippen molar-refractivity contribution in [3.05, 3.63) is 62.9 Å². The minimum absolute atomic E-state index is 0.0205. The second kappa shape index (κ2) is 13.5. The van der Waals surface area contributed by atoms with E-state index in [2.05, 4.69) is 4.90 Å². The van der Waals surface area contributed by atoms with Crippen molar-refractivity contribution in [1.29, 1.82) is 0 Å². The first-order valence-electron chi connectivity index (χ1n) is 14.4. The molecule has 1 N–H and O–H groups in total. The van der Waals surface area contributed by atoms with E-state index in [9.17, 15) is 19.1 Å². The van der Waals surface area contributed by atoms with Crippen molar-refractivity contribution in [3.63, 3.8) is 0 Å². The average molecular weight is 626 g/mol. The summed E-state index contributed by atoms with van der Waals surface area (Å²) in [5, 5.41) is 10.3. The van der Waals surface area contributed by atoms with Gasteiger partial charge in [-0.05, 0) is 86.0 Å². The van der Waals surface area contributed by atoms with Gasteiger partial charge in [-0.25, -0.2) is 8.78 Å². The van der Waals surface area contributed by atoms with Crippen molar-refractivity contribution in [3.8, 4) is 5.75 Å². The summed E-state index contributed by atoms with van der Waals surface area (Å²) in [6.07, 6.45) is 1.84. The van der Waals surface area contributed by atoms with E-state index in [0.717, 1.165) is 54.8 Å². The molecule has 2 saturated heterocycles. The van der Waals surface area contributed by atoms with Crippen LogP contribution in [0.3, 0.4) is 0 Å². The predicted molar refractivity (Wildman–Crippen MR) is 156 cm³/mol. The standard InChI is InChI=1S/C31H36Cl2F2N2O5/c1-41-17-28(20-8-21(32)10-22(33)9-20)36-6-4-18(5-7-36)16-42-29-14-27(35)26(13-25(29)19-2-3-19)31(40)37-15-23(34)11-24(37)12-30(38)39/h8-10,13-14,18-19,23-24,28H,2-7,11-12,15-17H2,1H3,(H,38,39)/t23-,24+,28-/m1/s1. The maximum absolute atomic E-state index is 15.3. The largest absolute Gasteiger partial charge is 0.493 e. The molecule has 0 unspecified atom stereocenters. The highest BCUT2D eigenvalue weighted by Crippen LogP contribution is 2.45. The number of carboxylic acids is 1.